The van der Waals surface area contributed by atoms with Crippen molar-refractivity contribution >= 4 is 29.0 Å². The first-order valence-corrected chi connectivity index (χ1v) is 13.6. The van der Waals surface area contributed by atoms with E-state index in [1.807, 2.05) is 53.6 Å². The Bertz CT molecular complexity index is 1440. The number of anilines is 3. The van der Waals surface area contributed by atoms with Gasteiger partial charge in [-0.15, -0.1) is 0 Å². The number of hydrogen-bond acceptors (Lipinski definition) is 5. The summed E-state index contributed by atoms with van der Waals surface area (Å²) >= 11 is 0. The molecule has 5 rings (SSSR count). The van der Waals surface area contributed by atoms with Gasteiger partial charge in [0.05, 0.1) is 0 Å². The van der Waals surface area contributed by atoms with E-state index >= 15 is 0 Å². The fourth-order valence-electron chi connectivity index (χ4n) is 4.89. The molecule has 0 bridgehead atoms. The van der Waals surface area contributed by atoms with Crippen LogP contribution in [0.3, 0.4) is 0 Å². The minimum absolute atomic E-state index is 0.0278. The Morgan fingerprint density at radius 2 is 1.56 bits per heavy atom. The van der Waals surface area contributed by atoms with Crippen molar-refractivity contribution in [1.29, 1.82) is 0 Å². The van der Waals surface area contributed by atoms with Crippen molar-refractivity contribution < 1.29 is 18.7 Å². The first-order valence-electron chi connectivity index (χ1n) is 13.6. The Morgan fingerprint density at radius 3 is 2.20 bits per heavy atom. The lowest BCUT2D eigenvalue weighted by Gasteiger charge is -2.38. The van der Waals surface area contributed by atoms with Crippen molar-refractivity contribution in [3.8, 4) is 11.6 Å². The number of aromatic nitrogens is 1. The molecule has 3 amide bonds. The van der Waals surface area contributed by atoms with E-state index < -0.39 is 0 Å². The minimum atomic E-state index is -0.345. The molecule has 41 heavy (non-hydrogen) atoms. The molecule has 0 aliphatic carbocycles. The van der Waals surface area contributed by atoms with Gasteiger partial charge in [-0.05, 0) is 79.1 Å². The van der Waals surface area contributed by atoms with Crippen LogP contribution in [0.5, 0.6) is 11.6 Å². The molecular formula is C32H32FN5O3. The Balaban J connectivity index is 1.16. The molecule has 4 aromatic rings. The third-order valence-electron chi connectivity index (χ3n) is 6.87. The fraction of sp³-hybridized carbons (Fsp3) is 0.219. The number of halogens is 1. The summed E-state index contributed by atoms with van der Waals surface area (Å²) in [5.74, 6) is 0.654. The zero-order valence-electron chi connectivity index (χ0n) is 22.8. The zero-order valence-corrected chi connectivity index (χ0v) is 22.8. The number of benzene rings is 3. The molecule has 0 atom stereocenters. The zero-order chi connectivity index (χ0) is 28.6. The van der Waals surface area contributed by atoms with Crippen molar-refractivity contribution in [1.82, 2.24) is 9.88 Å². The third-order valence-corrected chi connectivity index (χ3v) is 6.87. The van der Waals surface area contributed by atoms with Crippen LogP contribution in [0.4, 0.5) is 26.2 Å². The normalized spacial score (nSPS) is 13.8. The number of amides is 3. The van der Waals surface area contributed by atoms with Crippen LogP contribution >= 0.6 is 0 Å². The van der Waals surface area contributed by atoms with E-state index in [0.717, 1.165) is 43.7 Å². The molecule has 1 aliphatic rings. The lowest BCUT2D eigenvalue weighted by molar-refractivity contribution is -0.114. The summed E-state index contributed by atoms with van der Waals surface area (Å²) in [5, 5.41) is 5.65. The van der Waals surface area contributed by atoms with Gasteiger partial charge < -0.3 is 15.4 Å². The molecule has 1 fully saturated rings. The summed E-state index contributed by atoms with van der Waals surface area (Å²) in [4.78, 5) is 33.2. The van der Waals surface area contributed by atoms with Gasteiger partial charge in [0.25, 0.3) is 0 Å². The van der Waals surface area contributed by atoms with Crippen molar-refractivity contribution in [2.24, 2.45) is 0 Å². The van der Waals surface area contributed by atoms with Crippen molar-refractivity contribution in [2.45, 2.75) is 32.4 Å². The van der Waals surface area contributed by atoms with Gasteiger partial charge in [-0.3, -0.25) is 14.6 Å². The number of rotatable bonds is 8. The number of pyridine rings is 1. The number of nitrogens with zero attached hydrogens (tertiary/aromatic N) is 3. The summed E-state index contributed by atoms with van der Waals surface area (Å²) in [6.07, 6.45) is 3.45. The minimum Gasteiger partial charge on any atom is -0.439 e. The maximum absolute atomic E-state index is 13.4. The highest BCUT2D eigenvalue weighted by Crippen LogP contribution is 2.26. The van der Waals surface area contributed by atoms with Gasteiger partial charge >= 0.3 is 6.03 Å². The number of piperidine rings is 1. The largest absolute Gasteiger partial charge is 0.439 e. The third kappa shape index (κ3) is 7.67. The van der Waals surface area contributed by atoms with Crippen LogP contribution in [0.2, 0.25) is 0 Å². The van der Waals surface area contributed by atoms with Gasteiger partial charge in [0.15, 0.2) is 0 Å². The second kappa shape index (κ2) is 13.1. The quantitative estimate of drug-likeness (QED) is 0.254. The maximum atomic E-state index is 13.4. The molecule has 1 aliphatic heterocycles. The molecule has 9 heteroatoms. The fourth-order valence-corrected chi connectivity index (χ4v) is 4.89. The predicted octanol–water partition coefficient (Wildman–Crippen LogP) is 6.67. The molecule has 8 nitrogen and oxygen atoms in total. The van der Waals surface area contributed by atoms with E-state index in [9.17, 15) is 14.0 Å². The average molecular weight is 554 g/mol. The van der Waals surface area contributed by atoms with Gasteiger partial charge in [-0.25, -0.2) is 14.2 Å². The topological polar surface area (TPSA) is 86.8 Å². The summed E-state index contributed by atoms with van der Waals surface area (Å²) in [7, 11) is 0. The monoisotopic (exact) mass is 553 g/mol. The Hall–Kier alpha value is -4.76. The Labute approximate surface area is 238 Å². The van der Waals surface area contributed by atoms with Crippen molar-refractivity contribution in [3.63, 3.8) is 0 Å². The lowest BCUT2D eigenvalue weighted by atomic mass is 10.0. The molecule has 3 aromatic carbocycles. The smallest absolute Gasteiger partial charge is 0.326 e. The van der Waals surface area contributed by atoms with E-state index in [0.29, 0.717) is 23.0 Å². The van der Waals surface area contributed by atoms with Gasteiger partial charge in [0.2, 0.25) is 11.8 Å². The molecule has 0 spiro atoms. The van der Waals surface area contributed by atoms with Gasteiger partial charge in [0, 0.05) is 61.9 Å². The first kappa shape index (κ1) is 27.8. The maximum Gasteiger partial charge on any atom is 0.326 e. The highest BCUT2D eigenvalue weighted by molar-refractivity contribution is 6.02. The molecule has 0 unspecified atom stereocenters. The summed E-state index contributed by atoms with van der Waals surface area (Å²) in [6, 6.07) is 26.2. The number of para-hydroxylation sites is 1. The molecule has 1 saturated heterocycles. The highest BCUT2D eigenvalue weighted by atomic mass is 19.1. The van der Waals surface area contributed by atoms with Crippen LogP contribution in [0.15, 0.2) is 97.2 Å². The molecule has 0 radical (unpaired) electrons. The van der Waals surface area contributed by atoms with Crippen LogP contribution in [0, 0.1) is 5.82 Å². The van der Waals surface area contributed by atoms with Crippen molar-refractivity contribution in [2.75, 3.05) is 28.6 Å². The molecule has 0 saturated carbocycles. The van der Waals surface area contributed by atoms with E-state index in [4.69, 9.17) is 4.74 Å². The standard InChI is InChI=1S/C32H32FN5O3/c1-23(39)35-26-12-14-30(15-13-26)41-31-16-7-24(21-34-31)22-37-19-17-29(18-20-37)38(28-5-3-2-4-6-28)32(40)36-27-10-8-25(33)9-11-27/h2-16,21,29H,17-20,22H2,1H3,(H,35,39)(H,36,40). The van der Waals surface area contributed by atoms with E-state index in [1.54, 1.807) is 36.4 Å². The Kier molecular flexibility index (Phi) is 8.85. The van der Waals surface area contributed by atoms with Crippen molar-refractivity contribution in [3.05, 3.63) is 109 Å². The van der Waals surface area contributed by atoms with Crippen LogP contribution in [-0.2, 0) is 11.3 Å². The van der Waals surface area contributed by atoms with E-state index in [1.165, 1.54) is 19.1 Å². The first-order chi connectivity index (χ1) is 19.9. The molecule has 210 valence electrons. The number of likely N-dealkylation sites (tertiary alicyclic amines) is 1. The number of ether oxygens (including phenoxy) is 1. The molecule has 1 aromatic heterocycles. The Morgan fingerprint density at radius 1 is 0.902 bits per heavy atom. The van der Waals surface area contributed by atoms with Gasteiger partial charge in [-0.2, -0.15) is 0 Å². The highest BCUT2D eigenvalue weighted by Gasteiger charge is 2.29. The van der Waals surface area contributed by atoms with Gasteiger partial charge in [-0.1, -0.05) is 24.3 Å². The predicted molar refractivity (Wildman–Crippen MR) is 158 cm³/mol. The van der Waals surface area contributed by atoms with E-state index in [2.05, 4.69) is 20.5 Å². The molecule has 2 heterocycles. The number of urea groups is 1. The lowest BCUT2D eigenvalue weighted by Crippen LogP contribution is -2.49. The van der Waals surface area contributed by atoms with Crippen LogP contribution in [-0.4, -0.2) is 41.0 Å². The molecular weight excluding hydrogens is 521 g/mol. The number of hydrogen-bond donors (Lipinski definition) is 2. The van der Waals surface area contributed by atoms with E-state index in [-0.39, 0.29) is 23.8 Å². The van der Waals surface area contributed by atoms with Gasteiger partial charge in [0.1, 0.15) is 11.6 Å². The second-order valence-electron chi connectivity index (χ2n) is 9.96. The number of carbonyl (C=O) groups is 2. The number of nitrogens with one attached hydrogen (secondary N) is 2. The van der Waals surface area contributed by atoms with Crippen LogP contribution in [0.1, 0.15) is 25.3 Å². The summed E-state index contributed by atoms with van der Waals surface area (Å²) < 4.78 is 19.2. The number of carbonyl (C=O) groups excluding carboxylic acids is 2. The summed E-state index contributed by atoms with van der Waals surface area (Å²) in [6.45, 7) is 3.88. The van der Waals surface area contributed by atoms with Crippen LogP contribution in [0.25, 0.3) is 0 Å². The van der Waals surface area contributed by atoms with Crippen LogP contribution < -0.4 is 20.3 Å². The molecule has 2 N–H and O–H groups in total. The summed E-state index contributed by atoms with van der Waals surface area (Å²) in [5.41, 5.74) is 3.16. The average Bonchev–Trinajstić information content (AvgIpc) is 2.98. The second-order valence-corrected chi connectivity index (χ2v) is 9.96. The SMILES string of the molecule is CC(=O)Nc1ccc(Oc2ccc(CN3CCC(N(C(=O)Nc4ccc(F)cc4)c4ccccc4)CC3)cn2)cc1.